The van der Waals surface area contributed by atoms with Crippen LogP contribution in [-0.4, -0.2) is 37.6 Å². The molecule has 0 amide bonds. The van der Waals surface area contributed by atoms with Crippen molar-refractivity contribution in [3.05, 3.63) is 0 Å². The second kappa shape index (κ2) is 5.61. The van der Waals surface area contributed by atoms with Crippen molar-refractivity contribution in [3.8, 4) is 0 Å². The van der Waals surface area contributed by atoms with Crippen molar-refractivity contribution >= 4 is 0 Å². The van der Waals surface area contributed by atoms with Gasteiger partial charge >= 0.3 is 0 Å². The van der Waals surface area contributed by atoms with E-state index in [2.05, 4.69) is 31.1 Å². The maximum atomic E-state index is 3.47. The molecule has 0 aromatic heterocycles. The molecule has 1 saturated carbocycles. The van der Waals surface area contributed by atoms with Crippen LogP contribution in [0.5, 0.6) is 0 Å². The summed E-state index contributed by atoms with van der Waals surface area (Å²) in [7, 11) is 2.25. The van der Waals surface area contributed by atoms with Crippen molar-refractivity contribution in [2.45, 2.75) is 39.2 Å². The Balaban J connectivity index is 1.83. The zero-order chi connectivity index (χ0) is 9.68. The van der Waals surface area contributed by atoms with Crippen LogP contribution in [0.1, 0.15) is 33.1 Å². The quantitative estimate of drug-likeness (QED) is 0.606. The summed E-state index contributed by atoms with van der Waals surface area (Å²) in [5.41, 5.74) is 0. The summed E-state index contributed by atoms with van der Waals surface area (Å²) in [4.78, 5) is 2.50. The van der Waals surface area contributed by atoms with Crippen LogP contribution in [0, 0.1) is 5.92 Å². The van der Waals surface area contributed by atoms with E-state index in [1.54, 1.807) is 0 Å². The first-order valence-corrected chi connectivity index (χ1v) is 5.61. The van der Waals surface area contributed by atoms with Gasteiger partial charge in [0.2, 0.25) is 0 Å². The first kappa shape index (κ1) is 11.0. The summed E-state index contributed by atoms with van der Waals surface area (Å²) in [6, 6.07) is 0.921. The standard InChI is InChI=1S/C11H24N2/c1-10(2)9-12-7-4-8-13(3)11-5-6-11/h10-12H,4-9H2,1-3H3. The van der Waals surface area contributed by atoms with Gasteiger partial charge in [-0.05, 0) is 51.9 Å². The van der Waals surface area contributed by atoms with Gasteiger partial charge in [-0.15, -0.1) is 0 Å². The molecule has 0 saturated heterocycles. The van der Waals surface area contributed by atoms with E-state index in [1.807, 2.05) is 0 Å². The molecule has 0 bridgehead atoms. The molecule has 0 atom stereocenters. The lowest BCUT2D eigenvalue weighted by Gasteiger charge is -2.15. The molecule has 78 valence electrons. The zero-order valence-corrected chi connectivity index (χ0v) is 9.34. The molecule has 0 aromatic rings. The van der Waals surface area contributed by atoms with Gasteiger partial charge in [0, 0.05) is 6.04 Å². The Labute approximate surface area is 82.7 Å². The third kappa shape index (κ3) is 5.27. The Kier molecular flexibility index (Phi) is 4.74. The molecule has 2 nitrogen and oxygen atoms in total. The van der Waals surface area contributed by atoms with Crippen molar-refractivity contribution in [1.29, 1.82) is 0 Å². The molecule has 0 unspecified atom stereocenters. The zero-order valence-electron chi connectivity index (χ0n) is 9.34. The van der Waals surface area contributed by atoms with Crippen LogP contribution in [-0.2, 0) is 0 Å². The van der Waals surface area contributed by atoms with Gasteiger partial charge in [-0.2, -0.15) is 0 Å². The second-order valence-electron chi connectivity index (χ2n) is 4.66. The Hall–Kier alpha value is -0.0800. The topological polar surface area (TPSA) is 15.3 Å². The minimum Gasteiger partial charge on any atom is -0.316 e. The van der Waals surface area contributed by atoms with E-state index in [1.165, 1.54) is 32.4 Å². The van der Waals surface area contributed by atoms with E-state index < -0.39 is 0 Å². The molecular formula is C11H24N2. The lowest BCUT2D eigenvalue weighted by Crippen LogP contribution is -2.27. The van der Waals surface area contributed by atoms with Gasteiger partial charge in [0.05, 0.1) is 0 Å². The number of nitrogens with zero attached hydrogens (tertiary/aromatic N) is 1. The third-order valence-electron chi connectivity index (χ3n) is 2.59. The summed E-state index contributed by atoms with van der Waals surface area (Å²) in [5.74, 6) is 0.779. The molecule has 0 spiro atoms. The van der Waals surface area contributed by atoms with Crippen LogP contribution < -0.4 is 5.32 Å². The molecule has 0 aromatic carbocycles. The van der Waals surface area contributed by atoms with Gasteiger partial charge < -0.3 is 10.2 Å². The highest BCUT2D eigenvalue weighted by molar-refractivity contribution is 4.82. The molecule has 1 aliphatic rings. The van der Waals surface area contributed by atoms with Gasteiger partial charge in [-0.1, -0.05) is 13.8 Å². The van der Waals surface area contributed by atoms with Crippen LogP contribution in [0.3, 0.4) is 0 Å². The molecular weight excluding hydrogens is 160 g/mol. The van der Waals surface area contributed by atoms with E-state index in [9.17, 15) is 0 Å². The highest BCUT2D eigenvalue weighted by Gasteiger charge is 2.25. The lowest BCUT2D eigenvalue weighted by atomic mass is 10.2. The van der Waals surface area contributed by atoms with Crippen LogP contribution in [0.2, 0.25) is 0 Å². The Morgan fingerprint density at radius 2 is 2.08 bits per heavy atom. The molecule has 0 heterocycles. The van der Waals surface area contributed by atoms with Crippen molar-refractivity contribution in [1.82, 2.24) is 10.2 Å². The predicted octanol–water partition coefficient (Wildman–Crippen LogP) is 1.72. The van der Waals surface area contributed by atoms with Crippen molar-refractivity contribution in [2.24, 2.45) is 5.92 Å². The van der Waals surface area contributed by atoms with Gasteiger partial charge in [0.15, 0.2) is 0 Å². The van der Waals surface area contributed by atoms with E-state index in [0.29, 0.717) is 0 Å². The molecule has 13 heavy (non-hydrogen) atoms. The first-order chi connectivity index (χ1) is 6.20. The van der Waals surface area contributed by atoms with Crippen LogP contribution >= 0.6 is 0 Å². The third-order valence-corrected chi connectivity index (χ3v) is 2.59. The van der Waals surface area contributed by atoms with Crippen molar-refractivity contribution in [3.63, 3.8) is 0 Å². The Morgan fingerprint density at radius 3 is 2.62 bits per heavy atom. The van der Waals surface area contributed by atoms with E-state index >= 15 is 0 Å². The maximum absolute atomic E-state index is 3.47. The fourth-order valence-electron chi connectivity index (χ4n) is 1.54. The molecule has 0 aliphatic heterocycles. The highest BCUT2D eigenvalue weighted by Crippen LogP contribution is 2.24. The van der Waals surface area contributed by atoms with Crippen molar-refractivity contribution in [2.75, 3.05) is 26.7 Å². The predicted molar refractivity (Wildman–Crippen MR) is 58.0 cm³/mol. The normalized spacial score (nSPS) is 17.3. The van der Waals surface area contributed by atoms with Gasteiger partial charge in [0.1, 0.15) is 0 Å². The monoisotopic (exact) mass is 184 g/mol. The van der Waals surface area contributed by atoms with E-state index in [0.717, 1.165) is 18.5 Å². The van der Waals surface area contributed by atoms with Crippen LogP contribution in [0.4, 0.5) is 0 Å². The minimum absolute atomic E-state index is 0.779. The van der Waals surface area contributed by atoms with Crippen molar-refractivity contribution < 1.29 is 0 Å². The van der Waals surface area contributed by atoms with Gasteiger partial charge in [0.25, 0.3) is 0 Å². The average Bonchev–Trinajstić information content (AvgIpc) is 2.85. The number of nitrogens with one attached hydrogen (secondary N) is 1. The first-order valence-electron chi connectivity index (χ1n) is 5.61. The van der Waals surface area contributed by atoms with Crippen LogP contribution in [0.25, 0.3) is 0 Å². The van der Waals surface area contributed by atoms with E-state index in [-0.39, 0.29) is 0 Å². The summed E-state index contributed by atoms with van der Waals surface area (Å²) in [5, 5.41) is 3.47. The number of hydrogen-bond donors (Lipinski definition) is 1. The largest absolute Gasteiger partial charge is 0.316 e. The van der Waals surface area contributed by atoms with Gasteiger partial charge in [-0.3, -0.25) is 0 Å². The molecule has 0 radical (unpaired) electrons. The smallest absolute Gasteiger partial charge is 0.00933 e. The Bertz CT molecular complexity index is 130. The summed E-state index contributed by atoms with van der Waals surface area (Å²) in [6.07, 6.45) is 4.14. The number of rotatable bonds is 7. The second-order valence-corrected chi connectivity index (χ2v) is 4.66. The summed E-state index contributed by atoms with van der Waals surface area (Å²) in [6.45, 7) is 8.10. The molecule has 1 aliphatic carbocycles. The van der Waals surface area contributed by atoms with Crippen LogP contribution in [0.15, 0.2) is 0 Å². The molecule has 1 N–H and O–H groups in total. The maximum Gasteiger partial charge on any atom is 0.00933 e. The summed E-state index contributed by atoms with van der Waals surface area (Å²) >= 11 is 0. The molecule has 1 fully saturated rings. The molecule has 2 heteroatoms. The SMILES string of the molecule is CC(C)CNCCCN(C)C1CC1. The molecule has 1 rings (SSSR count). The summed E-state index contributed by atoms with van der Waals surface area (Å²) < 4.78 is 0. The average molecular weight is 184 g/mol. The highest BCUT2D eigenvalue weighted by atomic mass is 15.1. The Morgan fingerprint density at radius 1 is 1.38 bits per heavy atom. The fourth-order valence-corrected chi connectivity index (χ4v) is 1.54. The minimum atomic E-state index is 0.779. The van der Waals surface area contributed by atoms with Gasteiger partial charge in [-0.25, -0.2) is 0 Å². The van der Waals surface area contributed by atoms with E-state index in [4.69, 9.17) is 0 Å². The number of hydrogen-bond acceptors (Lipinski definition) is 2. The lowest BCUT2D eigenvalue weighted by molar-refractivity contribution is 0.316. The fraction of sp³-hybridized carbons (Fsp3) is 1.00.